The van der Waals surface area contributed by atoms with Crippen LogP contribution in [0.2, 0.25) is 0 Å². The van der Waals surface area contributed by atoms with E-state index in [1.54, 1.807) is 25.2 Å². The molecule has 21 heavy (non-hydrogen) atoms. The third-order valence-corrected chi connectivity index (χ3v) is 4.38. The number of ether oxygens (including phenoxy) is 1. The fraction of sp³-hybridized carbons (Fsp3) is 0.462. The lowest BCUT2D eigenvalue weighted by atomic mass is 10.3. The Morgan fingerprint density at radius 1 is 1.33 bits per heavy atom. The van der Waals surface area contributed by atoms with Gasteiger partial charge < -0.3 is 15.4 Å². The minimum absolute atomic E-state index is 0.101. The van der Waals surface area contributed by atoms with Gasteiger partial charge in [-0.1, -0.05) is 12.1 Å². The number of methoxy groups -OCH3 is 1. The summed E-state index contributed by atoms with van der Waals surface area (Å²) in [6.45, 7) is 2.18. The molecule has 0 aliphatic heterocycles. The molecule has 0 bridgehead atoms. The second kappa shape index (κ2) is 7.96. The monoisotopic (exact) mass is 315 g/mol. The predicted molar refractivity (Wildman–Crippen MR) is 80.7 cm³/mol. The maximum absolute atomic E-state index is 12.3. The molecular weight excluding hydrogens is 294 g/mol. The SMILES string of the molecule is CNc1ccccc1S(=O)(=O)NC(C)C(=O)NCCOC. The molecule has 1 rings (SSSR count). The van der Waals surface area contributed by atoms with E-state index < -0.39 is 22.0 Å². The van der Waals surface area contributed by atoms with Gasteiger partial charge in [-0.05, 0) is 19.1 Å². The number of hydrogen-bond donors (Lipinski definition) is 3. The van der Waals surface area contributed by atoms with E-state index in [9.17, 15) is 13.2 Å². The summed E-state index contributed by atoms with van der Waals surface area (Å²) in [6.07, 6.45) is 0. The van der Waals surface area contributed by atoms with Gasteiger partial charge >= 0.3 is 0 Å². The molecule has 1 unspecified atom stereocenters. The Bertz CT molecular complexity index is 575. The lowest BCUT2D eigenvalue weighted by Crippen LogP contribution is -2.45. The van der Waals surface area contributed by atoms with Crippen LogP contribution in [0.4, 0.5) is 5.69 Å². The van der Waals surface area contributed by atoms with Crippen LogP contribution in [0.25, 0.3) is 0 Å². The van der Waals surface area contributed by atoms with Crippen molar-refractivity contribution in [2.45, 2.75) is 17.9 Å². The first-order valence-corrected chi connectivity index (χ1v) is 7.96. The highest BCUT2D eigenvalue weighted by atomic mass is 32.2. The minimum atomic E-state index is -3.78. The van der Waals surface area contributed by atoms with Crippen molar-refractivity contribution in [1.29, 1.82) is 0 Å². The van der Waals surface area contributed by atoms with Crippen molar-refractivity contribution in [1.82, 2.24) is 10.0 Å². The number of benzene rings is 1. The number of carbonyl (C=O) groups is 1. The lowest BCUT2D eigenvalue weighted by molar-refractivity contribution is -0.122. The maximum Gasteiger partial charge on any atom is 0.243 e. The van der Waals surface area contributed by atoms with Crippen molar-refractivity contribution in [3.8, 4) is 0 Å². The molecule has 0 radical (unpaired) electrons. The number of hydrogen-bond acceptors (Lipinski definition) is 5. The molecule has 3 N–H and O–H groups in total. The van der Waals surface area contributed by atoms with Crippen molar-refractivity contribution >= 4 is 21.6 Å². The summed E-state index contributed by atoms with van der Waals surface area (Å²) in [7, 11) is -0.628. The summed E-state index contributed by atoms with van der Waals surface area (Å²) < 4.78 is 31.8. The second-order valence-electron chi connectivity index (χ2n) is 4.37. The summed E-state index contributed by atoms with van der Waals surface area (Å²) in [4.78, 5) is 11.9. The zero-order chi connectivity index (χ0) is 15.9. The molecule has 0 aromatic heterocycles. The van der Waals surface area contributed by atoms with E-state index in [-0.39, 0.29) is 4.90 Å². The van der Waals surface area contributed by atoms with Gasteiger partial charge in [-0.3, -0.25) is 4.79 Å². The van der Waals surface area contributed by atoms with Crippen LogP contribution in [-0.2, 0) is 19.6 Å². The molecule has 118 valence electrons. The first kappa shape index (κ1) is 17.4. The van der Waals surface area contributed by atoms with E-state index in [0.717, 1.165) is 0 Å². The Hall–Kier alpha value is -1.64. The molecule has 0 spiro atoms. The highest BCUT2D eigenvalue weighted by Crippen LogP contribution is 2.20. The minimum Gasteiger partial charge on any atom is -0.387 e. The first-order valence-electron chi connectivity index (χ1n) is 6.48. The zero-order valence-corrected chi connectivity index (χ0v) is 13.2. The molecule has 0 aliphatic rings. The number of anilines is 1. The largest absolute Gasteiger partial charge is 0.387 e. The molecule has 0 fully saturated rings. The van der Waals surface area contributed by atoms with Crippen LogP contribution in [0.1, 0.15) is 6.92 Å². The zero-order valence-electron chi connectivity index (χ0n) is 12.3. The van der Waals surface area contributed by atoms with E-state index in [2.05, 4.69) is 15.4 Å². The van der Waals surface area contributed by atoms with E-state index in [0.29, 0.717) is 18.8 Å². The van der Waals surface area contributed by atoms with Crippen LogP contribution >= 0.6 is 0 Å². The molecule has 0 saturated heterocycles. The van der Waals surface area contributed by atoms with Gasteiger partial charge in [-0.2, -0.15) is 4.72 Å². The van der Waals surface area contributed by atoms with Crippen LogP contribution in [-0.4, -0.2) is 47.7 Å². The summed E-state index contributed by atoms with van der Waals surface area (Å²) in [5, 5.41) is 5.39. The molecule has 1 amide bonds. The summed E-state index contributed by atoms with van der Waals surface area (Å²) >= 11 is 0. The Morgan fingerprint density at radius 3 is 2.62 bits per heavy atom. The van der Waals surface area contributed by atoms with Crippen LogP contribution < -0.4 is 15.4 Å². The number of amides is 1. The van der Waals surface area contributed by atoms with Gasteiger partial charge in [0.2, 0.25) is 15.9 Å². The van der Waals surface area contributed by atoms with Gasteiger partial charge in [0.25, 0.3) is 0 Å². The predicted octanol–water partition coefficient (Wildman–Crippen LogP) is 0.158. The maximum atomic E-state index is 12.3. The molecule has 0 aliphatic carbocycles. The first-order chi connectivity index (χ1) is 9.92. The van der Waals surface area contributed by atoms with Crippen molar-refractivity contribution in [3.05, 3.63) is 24.3 Å². The Balaban J connectivity index is 2.78. The Kier molecular flexibility index (Phi) is 6.60. The van der Waals surface area contributed by atoms with Gasteiger partial charge in [0.05, 0.1) is 18.3 Å². The molecule has 0 saturated carbocycles. The van der Waals surface area contributed by atoms with Crippen LogP contribution in [0.5, 0.6) is 0 Å². The fourth-order valence-corrected chi connectivity index (χ4v) is 3.10. The van der Waals surface area contributed by atoms with Gasteiger partial charge in [-0.25, -0.2) is 8.42 Å². The van der Waals surface area contributed by atoms with E-state index in [1.165, 1.54) is 20.1 Å². The lowest BCUT2D eigenvalue weighted by Gasteiger charge is -2.16. The molecule has 1 atom stereocenters. The van der Waals surface area contributed by atoms with Crippen molar-refractivity contribution in [2.24, 2.45) is 0 Å². The summed E-state index contributed by atoms with van der Waals surface area (Å²) in [5.74, 6) is -0.405. The van der Waals surface area contributed by atoms with Gasteiger partial charge in [0.15, 0.2) is 0 Å². The quantitative estimate of drug-likeness (QED) is 0.594. The normalized spacial score (nSPS) is 12.7. The topological polar surface area (TPSA) is 96.5 Å². The van der Waals surface area contributed by atoms with E-state index >= 15 is 0 Å². The van der Waals surface area contributed by atoms with Crippen LogP contribution in [0.3, 0.4) is 0 Å². The van der Waals surface area contributed by atoms with Crippen molar-refractivity contribution < 1.29 is 17.9 Å². The number of para-hydroxylation sites is 1. The average molecular weight is 315 g/mol. The highest BCUT2D eigenvalue weighted by molar-refractivity contribution is 7.89. The molecule has 1 aromatic rings. The number of rotatable bonds is 8. The fourth-order valence-electron chi connectivity index (χ4n) is 1.69. The average Bonchev–Trinajstić information content (AvgIpc) is 2.46. The Labute approximate surface area is 125 Å². The Morgan fingerprint density at radius 2 is 2.00 bits per heavy atom. The molecule has 0 heterocycles. The number of carbonyl (C=O) groups excluding carboxylic acids is 1. The van der Waals surface area contributed by atoms with E-state index in [4.69, 9.17) is 4.74 Å². The van der Waals surface area contributed by atoms with Crippen molar-refractivity contribution in [2.75, 3.05) is 32.6 Å². The molecular formula is C13H21N3O4S. The van der Waals surface area contributed by atoms with Gasteiger partial charge in [-0.15, -0.1) is 0 Å². The molecule has 1 aromatic carbocycles. The third kappa shape index (κ3) is 5.00. The standard InChI is InChI=1S/C13H21N3O4S/c1-10(13(17)15-8-9-20-3)16-21(18,19)12-7-5-4-6-11(12)14-2/h4-7,10,14,16H,8-9H2,1-3H3,(H,15,17). The van der Waals surface area contributed by atoms with Crippen LogP contribution in [0.15, 0.2) is 29.2 Å². The summed E-state index contributed by atoms with van der Waals surface area (Å²) in [6, 6.07) is 5.60. The van der Waals surface area contributed by atoms with Crippen molar-refractivity contribution in [3.63, 3.8) is 0 Å². The van der Waals surface area contributed by atoms with E-state index in [1.807, 2.05) is 0 Å². The van der Waals surface area contributed by atoms with Gasteiger partial charge in [0, 0.05) is 20.7 Å². The second-order valence-corrected chi connectivity index (χ2v) is 6.06. The summed E-state index contributed by atoms with van der Waals surface area (Å²) in [5.41, 5.74) is 0.469. The highest BCUT2D eigenvalue weighted by Gasteiger charge is 2.23. The molecule has 8 heteroatoms. The third-order valence-electron chi connectivity index (χ3n) is 2.78. The van der Waals surface area contributed by atoms with Gasteiger partial charge in [0.1, 0.15) is 4.90 Å². The van der Waals surface area contributed by atoms with Crippen LogP contribution in [0, 0.1) is 0 Å². The molecule has 7 nitrogen and oxygen atoms in total. The number of nitrogens with one attached hydrogen (secondary N) is 3. The smallest absolute Gasteiger partial charge is 0.243 e. The number of sulfonamides is 1.